The lowest BCUT2D eigenvalue weighted by atomic mass is 9.93. The molecular formula is C25H36N4O3. The summed E-state index contributed by atoms with van der Waals surface area (Å²) in [6, 6.07) is 7.75. The molecule has 2 fully saturated rings. The summed E-state index contributed by atoms with van der Waals surface area (Å²) in [5.74, 6) is -0.614. The minimum absolute atomic E-state index is 0.182. The first-order chi connectivity index (χ1) is 15.6. The summed E-state index contributed by atoms with van der Waals surface area (Å²) >= 11 is 0. The van der Waals surface area contributed by atoms with E-state index in [-0.39, 0.29) is 24.5 Å². The summed E-state index contributed by atoms with van der Waals surface area (Å²) in [5.41, 5.74) is 2.02. The summed E-state index contributed by atoms with van der Waals surface area (Å²) in [6.07, 6.45) is 8.47. The molecular weight excluding hydrogens is 404 g/mol. The molecule has 2 amide bonds. The maximum absolute atomic E-state index is 13.1. The first-order valence-electron chi connectivity index (χ1n) is 12.1. The Hall–Kier alpha value is -2.54. The second kappa shape index (κ2) is 10.4. The molecule has 2 atom stereocenters. The van der Waals surface area contributed by atoms with Gasteiger partial charge in [-0.25, -0.2) is 9.59 Å². The van der Waals surface area contributed by atoms with E-state index in [1.54, 1.807) is 6.92 Å². The van der Waals surface area contributed by atoms with Crippen LogP contribution < -0.4 is 5.32 Å². The van der Waals surface area contributed by atoms with Crippen molar-refractivity contribution in [3.63, 3.8) is 0 Å². The van der Waals surface area contributed by atoms with Crippen molar-refractivity contribution >= 4 is 22.9 Å². The number of piperazine rings is 1. The summed E-state index contributed by atoms with van der Waals surface area (Å²) in [7, 11) is 0. The largest absolute Gasteiger partial charge is 0.464 e. The van der Waals surface area contributed by atoms with Crippen molar-refractivity contribution in [3.8, 4) is 0 Å². The lowest BCUT2D eigenvalue weighted by molar-refractivity contribution is -0.145. The smallest absolute Gasteiger partial charge is 0.329 e. The number of carbonyl (C=O) groups excluding carboxylic acids is 2. The van der Waals surface area contributed by atoms with Crippen molar-refractivity contribution in [2.75, 3.05) is 32.8 Å². The molecule has 0 bridgehead atoms. The number of carbonyl (C=O) groups is 2. The highest BCUT2D eigenvalue weighted by Gasteiger charge is 2.33. The molecule has 174 valence electrons. The van der Waals surface area contributed by atoms with E-state index >= 15 is 0 Å². The fourth-order valence-corrected chi connectivity index (χ4v) is 5.23. The van der Waals surface area contributed by atoms with Crippen molar-refractivity contribution in [1.29, 1.82) is 0 Å². The number of ether oxygens (including phenoxy) is 1. The Morgan fingerprint density at radius 1 is 1.12 bits per heavy atom. The van der Waals surface area contributed by atoms with E-state index in [1.165, 1.54) is 32.1 Å². The van der Waals surface area contributed by atoms with Gasteiger partial charge in [0.15, 0.2) is 0 Å². The molecule has 2 aliphatic rings. The highest BCUT2D eigenvalue weighted by atomic mass is 16.5. The number of nitrogens with one attached hydrogen (secondary N) is 2. The van der Waals surface area contributed by atoms with E-state index in [1.807, 2.05) is 42.3 Å². The van der Waals surface area contributed by atoms with Crippen molar-refractivity contribution < 1.29 is 14.3 Å². The predicted molar refractivity (Wildman–Crippen MR) is 126 cm³/mol. The number of hydrogen-bond donors (Lipinski definition) is 2. The normalized spacial score (nSPS) is 20.1. The zero-order chi connectivity index (χ0) is 22.5. The van der Waals surface area contributed by atoms with Crippen LogP contribution in [0.15, 0.2) is 30.5 Å². The lowest BCUT2D eigenvalue weighted by Gasteiger charge is -2.41. The predicted octanol–water partition coefficient (Wildman–Crippen LogP) is 3.86. The molecule has 2 N–H and O–H groups in total. The Kier molecular flexibility index (Phi) is 7.35. The molecule has 32 heavy (non-hydrogen) atoms. The van der Waals surface area contributed by atoms with Gasteiger partial charge in [0, 0.05) is 55.2 Å². The Morgan fingerprint density at radius 3 is 2.56 bits per heavy atom. The van der Waals surface area contributed by atoms with Crippen molar-refractivity contribution in [2.45, 2.75) is 64.0 Å². The van der Waals surface area contributed by atoms with Crippen LogP contribution in [-0.4, -0.2) is 71.7 Å². The molecule has 7 heteroatoms. The van der Waals surface area contributed by atoms with Gasteiger partial charge in [-0.15, -0.1) is 0 Å². The maximum atomic E-state index is 13.1. The summed E-state index contributed by atoms with van der Waals surface area (Å²) in [6.45, 7) is 7.24. The highest BCUT2D eigenvalue weighted by Crippen LogP contribution is 2.28. The SMILES string of the molecule is CCOC(=O)[C@H](NC(=O)N1CCN(C2CCCCC2)CC1)[C@@H](C)c1c[nH]c2ccccc12. The molecule has 2 heterocycles. The second-order valence-corrected chi connectivity index (χ2v) is 9.07. The molecule has 1 aromatic heterocycles. The second-order valence-electron chi connectivity index (χ2n) is 9.07. The number of benzene rings is 1. The van der Waals surface area contributed by atoms with E-state index in [2.05, 4.69) is 15.2 Å². The molecule has 4 rings (SSSR count). The van der Waals surface area contributed by atoms with Gasteiger partial charge in [0.2, 0.25) is 0 Å². The number of aromatic amines is 1. The van der Waals surface area contributed by atoms with E-state index in [0.29, 0.717) is 19.1 Å². The van der Waals surface area contributed by atoms with Crippen LogP contribution in [0.1, 0.15) is 57.4 Å². The molecule has 1 saturated heterocycles. The van der Waals surface area contributed by atoms with Gasteiger partial charge in [0.05, 0.1) is 6.61 Å². The van der Waals surface area contributed by atoms with E-state index in [0.717, 1.165) is 29.6 Å². The number of H-pyrrole nitrogens is 1. The molecule has 0 radical (unpaired) electrons. The van der Waals surface area contributed by atoms with Crippen molar-refractivity contribution in [2.24, 2.45) is 0 Å². The van der Waals surface area contributed by atoms with Crippen LogP contribution in [-0.2, 0) is 9.53 Å². The zero-order valence-electron chi connectivity index (χ0n) is 19.3. The van der Waals surface area contributed by atoms with Crippen LogP contribution in [0.25, 0.3) is 10.9 Å². The fraction of sp³-hybridized carbons (Fsp3) is 0.600. The third kappa shape index (κ3) is 4.93. The lowest BCUT2D eigenvalue weighted by Crippen LogP contribution is -2.57. The molecule has 7 nitrogen and oxygen atoms in total. The minimum atomic E-state index is -0.738. The van der Waals surface area contributed by atoms with Gasteiger partial charge < -0.3 is 19.9 Å². The Balaban J connectivity index is 1.42. The van der Waals surface area contributed by atoms with Crippen LogP contribution in [0, 0.1) is 0 Å². The van der Waals surface area contributed by atoms with Crippen LogP contribution in [0.5, 0.6) is 0 Å². The monoisotopic (exact) mass is 440 g/mol. The molecule has 0 spiro atoms. The number of hydrogen-bond acceptors (Lipinski definition) is 4. The van der Waals surface area contributed by atoms with Gasteiger partial charge in [-0.05, 0) is 31.4 Å². The molecule has 1 aliphatic carbocycles. The Morgan fingerprint density at radius 2 is 1.84 bits per heavy atom. The minimum Gasteiger partial charge on any atom is -0.464 e. The maximum Gasteiger partial charge on any atom is 0.329 e. The van der Waals surface area contributed by atoms with Crippen LogP contribution in [0.2, 0.25) is 0 Å². The Labute approximate surface area is 190 Å². The number of nitrogens with zero attached hydrogens (tertiary/aromatic N) is 2. The standard InChI is InChI=1S/C25H36N4O3/c1-3-32-24(30)23(18(2)21-17-26-22-12-8-7-11-20(21)22)27-25(31)29-15-13-28(14-16-29)19-9-5-4-6-10-19/h7-8,11-12,17-19,23,26H,3-6,9-10,13-16H2,1-2H3,(H,27,31)/t18-,23+/m0/s1. The van der Waals surface area contributed by atoms with Gasteiger partial charge in [-0.3, -0.25) is 4.90 Å². The third-order valence-corrected chi connectivity index (χ3v) is 7.12. The quantitative estimate of drug-likeness (QED) is 0.669. The number of rotatable bonds is 6. The highest BCUT2D eigenvalue weighted by molar-refractivity contribution is 5.88. The molecule has 1 saturated carbocycles. The molecule has 0 unspecified atom stereocenters. The van der Waals surface area contributed by atoms with Gasteiger partial charge in [-0.2, -0.15) is 0 Å². The summed E-state index contributed by atoms with van der Waals surface area (Å²) in [4.78, 5) is 33.6. The average Bonchev–Trinajstić information content (AvgIpc) is 3.27. The van der Waals surface area contributed by atoms with Crippen molar-refractivity contribution in [1.82, 2.24) is 20.1 Å². The first kappa shape index (κ1) is 22.6. The molecule has 1 aliphatic heterocycles. The fourth-order valence-electron chi connectivity index (χ4n) is 5.23. The molecule has 1 aromatic carbocycles. The van der Waals surface area contributed by atoms with Crippen molar-refractivity contribution in [3.05, 3.63) is 36.0 Å². The van der Waals surface area contributed by atoms with Gasteiger partial charge >= 0.3 is 12.0 Å². The summed E-state index contributed by atoms with van der Waals surface area (Å²) < 4.78 is 5.33. The number of fused-ring (bicyclic) bond motifs is 1. The van der Waals surface area contributed by atoms with Crippen LogP contribution >= 0.6 is 0 Å². The number of urea groups is 1. The van der Waals surface area contributed by atoms with Crippen LogP contribution in [0.4, 0.5) is 4.79 Å². The van der Waals surface area contributed by atoms with E-state index in [4.69, 9.17) is 4.74 Å². The number of esters is 1. The average molecular weight is 441 g/mol. The van der Waals surface area contributed by atoms with E-state index < -0.39 is 6.04 Å². The zero-order valence-corrected chi connectivity index (χ0v) is 19.3. The number of aromatic nitrogens is 1. The third-order valence-electron chi connectivity index (χ3n) is 7.12. The number of para-hydroxylation sites is 1. The van der Waals surface area contributed by atoms with E-state index in [9.17, 15) is 9.59 Å². The van der Waals surface area contributed by atoms with Gasteiger partial charge in [0.25, 0.3) is 0 Å². The van der Waals surface area contributed by atoms with Gasteiger partial charge in [-0.1, -0.05) is 44.4 Å². The van der Waals surface area contributed by atoms with Crippen LogP contribution in [0.3, 0.4) is 0 Å². The molecule has 2 aromatic rings. The van der Waals surface area contributed by atoms with Gasteiger partial charge in [0.1, 0.15) is 6.04 Å². The summed E-state index contributed by atoms with van der Waals surface area (Å²) in [5, 5.41) is 4.06. The first-order valence-corrected chi connectivity index (χ1v) is 12.1. The number of amides is 2. The topological polar surface area (TPSA) is 77.7 Å². The Bertz CT molecular complexity index is 913.